The van der Waals surface area contributed by atoms with Gasteiger partial charge >= 0.3 is 0 Å². The van der Waals surface area contributed by atoms with Gasteiger partial charge in [0.2, 0.25) is 5.91 Å². The number of nitrogens with one attached hydrogen (secondary N) is 1. The van der Waals surface area contributed by atoms with Gasteiger partial charge in [0, 0.05) is 19.6 Å². The van der Waals surface area contributed by atoms with E-state index in [1.807, 2.05) is 0 Å². The zero-order chi connectivity index (χ0) is 12.5. The zero-order valence-electron chi connectivity index (χ0n) is 10.4. The smallest absolute Gasteiger partial charge is 0.220 e. The maximum absolute atomic E-state index is 11.3. The summed E-state index contributed by atoms with van der Waals surface area (Å²) in [6.07, 6.45) is 2.86. The molecule has 0 aliphatic heterocycles. The monoisotopic (exact) mass is 235 g/mol. The second-order valence-corrected chi connectivity index (χ2v) is 4.10. The summed E-state index contributed by atoms with van der Waals surface area (Å²) in [6, 6.07) is 8.48. The molecule has 1 aromatic rings. The fraction of sp³-hybridized carbons (Fsp3) is 0.500. The topological polar surface area (TPSA) is 49.3 Å². The van der Waals surface area contributed by atoms with Crippen LogP contribution in [0.5, 0.6) is 0 Å². The first-order chi connectivity index (χ1) is 8.26. The van der Waals surface area contributed by atoms with Crippen molar-refractivity contribution in [3.8, 4) is 0 Å². The SMILES string of the molecule is CCc1ccc(CCNC(=O)CCCO)cc1. The Bertz CT molecular complexity index is 333. The second kappa shape index (κ2) is 7.85. The Balaban J connectivity index is 2.23. The predicted molar refractivity (Wildman–Crippen MR) is 68.9 cm³/mol. The number of rotatable bonds is 7. The lowest BCUT2D eigenvalue weighted by Crippen LogP contribution is -2.25. The Morgan fingerprint density at radius 1 is 1.24 bits per heavy atom. The number of aryl methyl sites for hydroxylation is 1. The molecule has 0 heterocycles. The number of amides is 1. The van der Waals surface area contributed by atoms with E-state index in [-0.39, 0.29) is 12.5 Å². The van der Waals surface area contributed by atoms with E-state index in [0.29, 0.717) is 19.4 Å². The molecule has 0 spiro atoms. The summed E-state index contributed by atoms with van der Waals surface area (Å²) >= 11 is 0. The number of hydrogen-bond acceptors (Lipinski definition) is 2. The molecule has 94 valence electrons. The molecule has 3 heteroatoms. The average Bonchev–Trinajstić information content (AvgIpc) is 2.37. The number of aliphatic hydroxyl groups excluding tert-OH is 1. The van der Waals surface area contributed by atoms with Crippen LogP contribution in [0, 0.1) is 0 Å². The van der Waals surface area contributed by atoms with E-state index in [4.69, 9.17) is 5.11 Å². The lowest BCUT2D eigenvalue weighted by Gasteiger charge is -2.05. The van der Waals surface area contributed by atoms with Gasteiger partial charge in [-0.25, -0.2) is 0 Å². The van der Waals surface area contributed by atoms with Gasteiger partial charge in [0.15, 0.2) is 0 Å². The van der Waals surface area contributed by atoms with Gasteiger partial charge in [0.25, 0.3) is 0 Å². The van der Waals surface area contributed by atoms with E-state index in [2.05, 4.69) is 36.5 Å². The molecule has 0 saturated carbocycles. The van der Waals surface area contributed by atoms with E-state index in [9.17, 15) is 4.79 Å². The highest BCUT2D eigenvalue weighted by molar-refractivity contribution is 5.75. The van der Waals surface area contributed by atoms with Crippen molar-refractivity contribution >= 4 is 5.91 Å². The standard InChI is InChI=1S/C14H21NO2/c1-2-12-5-7-13(8-6-12)9-10-15-14(17)4-3-11-16/h5-8,16H,2-4,9-11H2,1H3,(H,15,17). The van der Waals surface area contributed by atoms with Crippen molar-refractivity contribution in [2.24, 2.45) is 0 Å². The van der Waals surface area contributed by atoms with Crippen molar-refractivity contribution < 1.29 is 9.90 Å². The number of hydrogen-bond donors (Lipinski definition) is 2. The fourth-order valence-corrected chi connectivity index (χ4v) is 1.62. The number of benzene rings is 1. The van der Waals surface area contributed by atoms with Gasteiger partial charge in [-0.05, 0) is 30.4 Å². The lowest BCUT2D eigenvalue weighted by atomic mass is 10.1. The van der Waals surface area contributed by atoms with Gasteiger partial charge in [-0.15, -0.1) is 0 Å². The first-order valence-corrected chi connectivity index (χ1v) is 6.21. The number of carbonyl (C=O) groups is 1. The number of aliphatic hydroxyl groups is 1. The predicted octanol–water partition coefficient (Wildman–Crippen LogP) is 1.68. The van der Waals surface area contributed by atoms with Crippen LogP contribution in [0.15, 0.2) is 24.3 Å². The molecule has 0 unspecified atom stereocenters. The van der Waals surface area contributed by atoms with Gasteiger partial charge < -0.3 is 10.4 Å². The quantitative estimate of drug-likeness (QED) is 0.755. The van der Waals surface area contributed by atoms with E-state index < -0.39 is 0 Å². The molecule has 1 amide bonds. The molecule has 0 aliphatic rings. The highest BCUT2D eigenvalue weighted by Gasteiger charge is 2.00. The van der Waals surface area contributed by atoms with Crippen molar-refractivity contribution in [2.75, 3.05) is 13.2 Å². The number of carbonyl (C=O) groups excluding carboxylic acids is 1. The summed E-state index contributed by atoms with van der Waals surface area (Å²) in [6.45, 7) is 2.87. The van der Waals surface area contributed by atoms with E-state index >= 15 is 0 Å². The molecule has 2 N–H and O–H groups in total. The molecule has 1 rings (SSSR count). The van der Waals surface area contributed by atoms with Gasteiger partial charge in [0.05, 0.1) is 0 Å². The lowest BCUT2D eigenvalue weighted by molar-refractivity contribution is -0.121. The summed E-state index contributed by atoms with van der Waals surface area (Å²) in [4.78, 5) is 11.3. The first kappa shape index (κ1) is 13.7. The molecule has 0 saturated heterocycles. The van der Waals surface area contributed by atoms with Crippen molar-refractivity contribution in [2.45, 2.75) is 32.6 Å². The Hall–Kier alpha value is -1.35. The third-order valence-corrected chi connectivity index (χ3v) is 2.73. The van der Waals surface area contributed by atoms with Crippen LogP contribution < -0.4 is 5.32 Å². The van der Waals surface area contributed by atoms with Crippen LogP contribution in [-0.4, -0.2) is 24.2 Å². The van der Waals surface area contributed by atoms with Crippen LogP contribution in [-0.2, 0) is 17.6 Å². The average molecular weight is 235 g/mol. The van der Waals surface area contributed by atoms with Gasteiger partial charge in [0.1, 0.15) is 0 Å². The Morgan fingerprint density at radius 2 is 1.88 bits per heavy atom. The minimum absolute atomic E-state index is 0.0178. The maximum atomic E-state index is 11.3. The molecule has 0 aliphatic carbocycles. The third kappa shape index (κ3) is 5.50. The van der Waals surface area contributed by atoms with E-state index in [1.54, 1.807) is 0 Å². The molecule has 0 bridgehead atoms. The minimum Gasteiger partial charge on any atom is -0.396 e. The minimum atomic E-state index is 0.0178. The van der Waals surface area contributed by atoms with E-state index in [1.165, 1.54) is 11.1 Å². The Kier molecular flexibility index (Phi) is 6.33. The third-order valence-electron chi connectivity index (χ3n) is 2.73. The highest BCUT2D eigenvalue weighted by Crippen LogP contribution is 2.05. The van der Waals surface area contributed by atoms with Crippen LogP contribution >= 0.6 is 0 Å². The van der Waals surface area contributed by atoms with Crippen LogP contribution in [0.25, 0.3) is 0 Å². The van der Waals surface area contributed by atoms with Crippen molar-refractivity contribution in [3.05, 3.63) is 35.4 Å². The van der Waals surface area contributed by atoms with Gasteiger partial charge in [-0.2, -0.15) is 0 Å². The molecule has 17 heavy (non-hydrogen) atoms. The maximum Gasteiger partial charge on any atom is 0.220 e. The molecule has 0 radical (unpaired) electrons. The summed E-state index contributed by atoms with van der Waals surface area (Å²) in [5, 5.41) is 11.4. The highest BCUT2D eigenvalue weighted by atomic mass is 16.3. The van der Waals surface area contributed by atoms with Crippen molar-refractivity contribution in [3.63, 3.8) is 0 Å². The second-order valence-electron chi connectivity index (χ2n) is 4.10. The normalized spacial score (nSPS) is 10.2. The van der Waals surface area contributed by atoms with Crippen molar-refractivity contribution in [1.82, 2.24) is 5.32 Å². The summed E-state index contributed by atoms with van der Waals surface area (Å²) in [7, 11) is 0. The first-order valence-electron chi connectivity index (χ1n) is 6.21. The molecular formula is C14H21NO2. The van der Waals surface area contributed by atoms with Crippen LogP contribution in [0.4, 0.5) is 0 Å². The van der Waals surface area contributed by atoms with Gasteiger partial charge in [-0.3, -0.25) is 4.79 Å². The zero-order valence-corrected chi connectivity index (χ0v) is 10.4. The van der Waals surface area contributed by atoms with Crippen LogP contribution in [0.3, 0.4) is 0 Å². The van der Waals surface area contributed by atoms with E-state index in [0.717, 1.165) is 12.8 Å². The van der Waals surface area contributed by atoms with Gasteiger partial charge in [-0.1, -0.05) is 31.2 Å². The molecule has 0 fully saturated rings. The molecule has 0 aromatic heterocycles. The van der Waals surface area contributed by atoms with Crippen molar-refractivity contribution in [1.29, 1.82) is 0 Å². The molecule has 3 nitrogen and oxygen atoms in total. The molecule has 1 aromatic carbocycles. The van der Waals surface area contributed by atoms with Crippen LogP contribution in [0.1, 0.15) is 30.9 Å². The summed E-state index contributed by atoms with van der Waals surface area (Å²) in [5.41, 5.74) is 2.57. The van der Waals surface area contributed by atoms with Crippen LogP contribution in [0.2, 0.25) is 0 Å². The summed E-state index contributed by atoms with van der Waals surface area (Å²) in [5.74, 6) is 0.0178. The fourth-order valence-electron chi connectivity index (χ4n) is 1.62. The Labute approximate surface area is 103 Å². The molecule has 0 atom stereocenters. The largest absolute Gasteiger partial charge is 0.396 e. The summed E-state index contributed by atoms with van der Waals surface area (Å²) < 4.78 is 0. The Morgan fingerprint density at radius 3 is 2.47 bits per heavy atom. The molecular weight excluding hydrogens is 214 g/mol.